The molecule has 3 aliphatic rings. The number of nitrogens with zero attached hydrogens (tertiary/aromatic N) is 2. The molecule has 0 radical (unpaired) electrons. The first-order valence-electron chi connectivity index (χ1n) is 12.1. The number of ether oxygens (including phenoxy) is 1. The van der Waals surface area contributed by atoms with Crippen LogP contribution in [0.4, 0.5) is 10.1 Å². The third-order valence-corrected chi connectivity index (χ3v) is 7.65. The summed E-state index contributed by atoms with van der Waals surface area (Å²) in [6, 6.07) is 15.4. The molecule has 170 valence electrons. The second kappa shape index (κ2) is 8.86. The van der Waals surface area contributed by atoms with Crippen molar-refractivity contribution in [3.63, 3.8) is 0 Å². The lowest BCUT2D eigenvalue weighted by atomic mass is 9.81. The van der Waals surface area contributed by atoms with Crippen LogP contribution in [0.25, 0.3) is 0 Å². The number of carbonyl (C=O) groups is 1. The minimum atomic E-state index is -0.289. The number of benzene rings is 2. The van der Waals surface area contributed by atoms with Gasteiger partial charge < -0.3 is 9.64 Å². The molecular formula is C27H33FN2O2. The molecule has 2 unspecified atom stereocenters. The Hall–Kier alpha value is -2.40. The van der Waals surface area contributed by atoms with E-state index in [2.05, 4.69) is 36.1 Å². The molecule has 0 bridgehead atoms. The van der Waals surface area contributed by atoms with Crippen molar-refractivity contribution in [2.24, 2.45) is 0 Å². The van der Waals surface area contributed by atoms with Crippen LogP contribution in [0.3, 0.4) is 0 Å². The average Bonchev–Trinajstić information content (AvgIpc) is 3.39. The van der Waals surface area contributed by atoms with Gasteiger partial charge in [0, 0.05) is 31.2 Å². The zero-order valence-electron chi connectivity index (χ0n) is 18.9. The summed E-state index contributed by atoms with van der Waals surface area (Å²) in [6.07, 6.45) is 8.46. The zero-order chi connectivity index (χ0) is 22.1. The van der Waals surface area contributed by atoms with Gasteiger partial charge in [-0.15, -0.1) is 0 Å². The molecule has 1 aliphatic carbocycles. The fourth-order valence-corrected chi connectivity index (χ4v) is 6.03. The maximum Gasteiger partial charge on any atom is 0.227 e. The van der Waals surface area contributed by atoms with Gasteiger partial charge in [0.2, 0.25) is 5.91 Å². The van der Waals surface area contributed by atoms with Crippen LogP contribution in [0.5, 0.6) is 5.75 Å². The molecule has 2 heterocycles. The van der Waals surface area contributed by atoms with Crippen molar-refractivity contribution < 1.29 is 13.9 Å². The lowest BCUT2D eigenvalue weighted by Gasteiger charge is -2.48. The molecular weight excluding hydrogens is 403 g/mol. The number of piperidine rings is 1. The Labute approximate surface area is 190 Å². The molecule has 3 fully saturated rings. The summed E-state index contributed by atoms with van der Waals surface area (Å²) >= 11 is 0. The van der Waals surface area contributed by atoms with Gasteiger partial charge >= 0.3 is 0 Å². The number of carbonyl (C=O) groups excluding carboxylic acids is 1. The number of likely N-dealkylation sites (tertiary alicyclic amines) is 1. The average molecular weight is 437 g/mol. The molecule has 4 nitrogen and oxygen atoms in total. The highest BCUT2D eigenvalue weighted by molar-refractivity contribution is 5.97. The normalized spacial score (nSPS) is 26.9. The van der Waals surface area contributed by atoms with E-state index in [0.717, 1.165) is 50.9 Å². The molecule has 2 aromatic carbocycles. The quantitative estimate of drug-likeness (QED) is 0.603. The van der Waals surface area contributed by atoms with Crippen molar-refractivity contribution in [3.8, 4) is 5.75 Å². The monoisotopic (exact) mass is 436 g/mol. The predicted octanol–water partition coefficient (Wildman–Crippen LogP) is 5.70. The van der Waals surface area contributed by atoms with Crippen molar-refractivity contribution in [2.45, 2.75) is 82.5 Å². The van der Waals surface area contributed by atoms with E-state index in [1.54, 1.807) is 6.07 Å². The van der Waals surface area contributed by atoms with Crippen molar-refractivity contribution >= 4 is 11.6 Å². The molecule has 2 atom stereocenters. The number of halogens is 1. The summed E-state index contributed by atoms with van der Waals surface area (Å²) < 4.78 is 20.1. The summed E-state index contributed by atoms with van der Waals surface area (Å²) in [5.41, 5.74) is 1.77. The van der Waals surface area contributed by atoms with Gasteiger partial charge in [-0.3, -0.25) is 9.69 Å². The lowest BCUT2D eigenvalue weighted by Crippen LogP contribution is -2.56. The SMILES string of the molecule is CC1CC2(CCC(=O)N2c2cccc(F)c2)CCN1Cc1cccc(OC2CCCC2)c1. The Morgan fingerprint density at radius 1 is 1.09 bits per heavy atom. The van der Waals surface area contributed by atoms with Gasteiger partial charge in [0.1, 0.15) is 11.6 Å². The first-order chi connectivity index (χ1) is 15.5. The minimum absolute atomic E-state index is 0.119. The topological polar surface area (TPSA) is 32.8 Å². The zero-order valence-corrected chi connectivity index (χ0v) is 18.9. The Kier molecular flexibility index (Phi) is 5.93. The highest BCUT2D eigenvalue weighted by atomic mass is 19.1. The van der Waals surface area contributed by atoms with Gasteiger partial charge in [-0.25, -0.2) is 4.39 Å². The van der Waals surface area contributed by atoms with Gasteiger partial charge in [0.05, 0.1) is 11.6 Å². The fourth-order valence-electron chi connectivity index (χ4n) is 6.03. The summed E-state index contributed by atoms with van der Waals surface area (Å²) in [7, 11) is 0. The van der Waals surface area contributed by atoms with Crippen LogP contribution >= 0.6 is 0 Å². The van der Waals surface area contributed by atoms with Crippen LogP contribution in [0.2, 0.25) is 0 Å². The van der Waals surface area contributed by atoms with Crippen LogP contribution in [-0.4, -0.2) is 35.0 Å². The molecule has 1 spiro atoms. The van der Waals surface area contributed by atoms with Crippen LogP contribution < -0.4 is 9.64 Å². The van der Waals surface area contributed by atoms with Gasteiger partial charge in [0.15, 0.2) is 0 Å². The van der Waals surface area contributed by atoms with Crippen molar-refractivity contribution in [2.75, 3.05) is 11.4 Å². The van der Waals surface area contributed by atoms with E-state index >= 15 is 0 Å². The van der Waals surface area contributed by atoms with E-state index in [0.29, 0.717) is 24.3 Å². The highest BCUT2D eigenvalue weighted by Crippen LogP contribution is 2.44. The number of amides is 1. The Balaban J connectivity index is 1.27. The van der Waals surface area contributed by atoms with Crippen LogP contribution in [0.15, 0.2) is 48.5 Å². The second-order valence-electron chi connectivity index (χ2n) is 9.88. The summed E-state index contributed by atoms with van der Waals surface area (Å²) in [6.45, 7) is 4.06. The molecule has 1 amide bonds. The van der Waals surface area contributed by atoms with Crippen LogP contribution in [0.1, 0.15) is 63.9 Å². The maximum atomic E-state index is 13.9. The van der Waals surface area contributed by atoms with E-state index in [9.17, 15) is 9.18 Å². The van der Waals surface area contributed by atoms with Crippen molar-refractivity contribution in [3.05, 3.63) is 59.9 Å². The van der Waals surface area contributed by atoms with Gasteiger partial charge in [0.25, 0.3) is 0 Å². The lowest BCUT2D eigenvalue weighted by molar-refractivity contribution is -0.117. The van der Waals surface area contributed by atoms with E-state index < -0.39 is 0 Å². The van der Waals surface area contributed by atoms with E-state index in [-0.39, 0.29) is 17.3 Å². The Bertz CT molecular complexity index is 974. The summed E-state index contributed by atoms with van der Waals surface area (Å²) in [4.78, 5) is 17.2. The van der Waals surface area contributed by atoms with Crippen molar-refractivity contribution in [1.82, 2.24) is 4.90 Å². The van der Waals surface area contributed by atoms with Crippen molar-refractivity contribution in [1.29, 1.82) is 0 Å². The number of anilines is 1. The third-order valence-electron chi connectivity index (χ3n) is 7.65. The summed E-state index contributed by atoms with van der Waals surface area (Å²) in [5.74, 6) is 0.810. The second-order valence-corrected chi connectivity index (χ2v) is 9.88. The first-order valence-corrected chi connectivity index (χ1v) is 12.1. The summed E-state index contributed by atoms with van der Waals surface area (Å²) in [5, 5.41) is 0. The highest BCUT2D eigenvalue weighted by Gasteiger charge is 2.49. The number of rotatable bonds is 5. The Morgan fingerprint density at radius 2 is 1.91 bits per heavy atom. The molecule has 0 N–H and O–H groups in total. The molecule has 0 aromatic heterocycles. The molecule has 2 aliphatic heterocycles. The standard InChI is InChI=1S/C27H33FN2O2/c1-20-18-27(13-12-26(31)30(27)23-8-5-7-22(28)17-23)14-15-29(20)19-21-6-4-11-25(16-21)32-24-9-2-3-10-24/h4-8,11,16-17,20,24H,2-3,9-10,12-15,18-19H2,1H3. The van der Waals surface area contributed by atoms with E-state index in [1.165, 1.54) is 30.5 Å². The van der Waals surface area contributed by atoms with Crippen LogP contribution in [-0.2, 0) is 11.3 Å². The molecule has 32 heavy (non-hydrogen) atoms. The smallest absolute Gasteiger partial charge is 0.227 e. The fraction of sp³-hybridized carbons (Fsp3) is 0.519. The Morgan fingerprint density at radius 3 is 2.69 bits per heavy atom. The molecule has 1 saturated carbocycles. The largest absolute Gasteiger partial charge is 0.490 e. The van der Waals surface area contributed by atoms with Crippen LogP contribution in [0, 0.1) is 5.82 Å². The number of hydrogen-bond donors (Lipinski definition) is 0. The van der Waals surface area contributed by atoms with Gasteiger partial charge in [-0.2, -0.15) is 0 Å². The number of hydrogen-bond acceptors (Lipinski definition) is 3. The molecule has 5 rings (SSSR count). The maximum absolute atomic E-state index is 13.9. The predicted molar refractivity (Wildman–Crippen MR) is 124 cm³/mol. The van der Waals surface area contributed by atoms with E-state index in [4.69, 9.17) is 4.74 Å². The molecule has 5 heteroatoms. The minimum Gasteiger partial charge on any atom is -0.490 e. The van der Waals surface area contributed by atoms with Gasteiger partial charge in [-0.1, -0.05) is 18.2 Å². The molecule has 2 aromatic rings. The molecule has 2 saturated heterocycles. The first kappa shape index (κ1) is 21.4. The van der Waals surface area contributed by atoms with E-state index in [1.807, 2.05) is 11.0 Å². The third kappa shape index (κ3) is 4.27. The van der Waals surface area contributed by atoms with Gasteiger partial charge in [-0.05, 0) is 87.8 Å².